The number of methoxy groups -OCH3 is 3. The van der Waals surface area contributed by atoms with Crippen LogP contribution in [-0.2, 0) is 9.59 Å². The van der Waals surface area contributed by atoms with E-state index >= 15 is 0 Å². The summed E-state index contributed by atoms with van der Waals surface area (Å²) < 4.78 is 16.3. The maximum Gasteiger partial charge on any atom is 0.300 e. The number of amides is 1. The Morgan fingerprint density at radius 2 is 1.57 bits per heavy atom. The van der Waals surface area contributed by atoms with Crippen LogP contribution in [0.1, 0.15) is 28.3 Å². The molecule has 1 fully saturated rings. The Kier molecular flexibility index (Phi) is 6.51. The summed E-state index contributed by atoms with van der Waals surface area (Å²) >= 11 is 0. The lowest BCUT2D eigenvalue weighted by Gasteiger charge is -2.28. The second kappa shape index (κ2) is 9.54. The Balaban J connectivity index is 2.03. The van der Waals surface area contributed by atoms with Crippen molar-refractivity contribution in [1.82, 2.24) is 0 Å². The summed E-state index contributed by atoms with van der Waals surface area (Å²) in [5.74, 6) is -0.552. The van der Waals surface area contributed by atoms with Crippen molar-refractivity contribution in [3.63, 3.8) is 0 Å². The third-order valence-electron chi connectivity index (χ3n) is 6.17. The highest BCUT2D eigenvalue weighted by atomic mass is 16.5. The molecular weight excluding hydrogens is 446 g/mol. The van der Waals surface area contributed by atoms with E-state index in [1.807, 2.05) is 32.0 Å². The Hall–Kier alpha value is -4.26. The normalized spacial score (nSPS) is 16.9. The molecular formula is C28H27NO6. The maximum absolute atomic E-state index is 13.5. The lowest BCUT2D eigenvalue weighted by atomic mass is 9.93. The van der Waals surface area contributed by atoms with Crippen LogP contribution in [0.4, 0.5) is 5.69 Å². The number of rotatable bonds is 6. The number of benzene rings is 3. The highest BCUT2D eigenvalue weighted by molar-refractivity contribution is 6.52. The molecule has 7 heteroatoms. The number of carbonyl (C=O) groups is 2. The van der Waals surface area contributed by atoms with Gasteiger partial charge < -0.3 is 19.3 Å². The molecule has 1 heterocycles. The van der Waals surface area contributed by atoms with Crippen LogP contribution in [-0.4, -0.2) is 38.1 Å². The predicted octanol–water partition coefficient (Wildman–Crippen LogP) is 4.96. The minimum Gasteiger partial charge on any atom is -0.507 e. The Labute approximate surface area is 204 Å². The molecule has 1 saturated heterocycles. The van der Waals surface area contributed by atoms with E-state index in [9.17, 15) is 14.7 Å². The van der Waals surface area contributed by atoms with Crippen LogP contribution < -0.4 is 19.1 Å². The zero-order chi connectivity index (χ0) is 25.3. The smallest absolute Gasteiger partial charge is 0.300 e. The van der Waals surface area contributed by atoms with Gasteiger partial charge in [0.2, 0.25) is 0 Å². The fraction of sp³-hybridized carbons (Fsp3) is 0.214. The number of carbonyl (C=O) groups excluding carboxylic acids is 2. The van der Waals surface area contributed by atoms with Crippen LogP contribution >= 0.6 is 0 Å². The van der Waals surface area contributed by atoms with Crippen molar-refractivity contribution in [2.45, 2.75) is 19.9 Å². The Morgan fingerprint density at radius 1 is 0.857 bits per heavy atom. The second-order valence-corrected chi connectivity index (χ2v) is 8.27. The van der Waals surface area contributed by atoms with Crippen molar-refractivity contribution >= 4 is 23.1 Å². The molecule has 1 unspecified atom stereocenters. The van der Waals surface area contributed by atoms with E-state index in [2.05, 4.69) is 0 Å². The Bertz CT molecular complexity index is 1340. The van der Waals surface area contributed by atoms with Crippen LogP contribution in [0.3, 0.4) is 0 Å². The lowest BCUT2D eigenvalue weighted by Crippen LogP contribution is -2.30. The molecule has 3 aromatic rings. The van der Waals surface area contributed by atoms with Crippen molar-refractivity contribution in [3.8, 4) is 17.2 Å². The number of hydrogen-bond acceptors (Lipinski definition) is 6. The first-order valence-corrected chi connectivity index (χ1v) is 11.1. The first-order chi connectivity index (χ1) is 16.8. The van der Waals surface area contributed by atoms with E-state index in [4.69, 9.17) is 14.2 Å². The van der Waals surface area contributed by atoms with Gasteiger partial charge in [-0.3, -0.25) is 14.5 Å². The van der Waals surface area contributed by atoms with Crippen molar-refractivity contribution < 1.29 is 28.9 Å². The van der Waals surface area contributed by atoms with Gasteiger partial charge in [0.25, 0.3) is 11.7 Å². The molecule has 0 saturated carbocycles. The fourth-order valence-electron chi connectivity index (χ4n) is 4.39. The Morgan fingerprint density at radius 3 is 2.26 bits per heavy atom. The van der Waals surface area contributed by atoms with E-state index in [1.54, 1.807) is 42.5 Å². The average Bonchev–Trinajstić information content (AvgIpc) is 3.14. The molecule has 0 aliphatic carbocycles. The van der Waals surface area contributed by atoms with Gasteiger partial charge in [-0.1, -0.05) is 30.3 Å². The molecule has 1 atom stereocenters. The summed E-state index contributed by atoms with van der Waals surface area (Å²) in [5, 5.41) is 11.5. The summed E-state index contributed by atoms with van der Waals surface area (Å²) in [6.45, 7) is 3.79. The van der Waals surface area contributed by atoms with Gasteiger partial charge in [-0.2, -0.15) is 0 Å². The van der Waals surface area contributed by atoms with Gasteiger partial charge in [-0.15, -0.1) is 0 Å². The summed E-state index contributed by atoms with van der Waals surface area (Å²) in [6, 6.07) is 16.8. The minimum absolute atomic E-state index is 0.0520. The fourth-order valence-corrected chi connectivity index (χ4v) is 4.39. The number of aliphatic hydroxyl groups excluding tert-OH is 1. The first kappa shape index (κ1) is 23.9. The summed E-state index contributed by atoms with van der Waals surface area (Å²) in [6.07, 6.45) is 0. The molecule has 1 aliphatic rings. The van der Waals surface area contributed by atoms with Gasteiger partial charge in [-0.25, -0.2) is 0 Å². The van der Waals surface area contributed by atoms with Gasteiger partial charge in [-0.05, 0) is 49.2 Å². The number of aliphatic hydroxyl groups is 1. The number of Topliss-reactive ketones (excluding diaryl/α,β-unsaturated/α-hetero) is 1. The third kappa shape index (κ3) is 4.10. The number of ketones is 1. The zero-order valence-electron chi connectivity index (χ0n) is 20.3. The number of hydrogen-bond donors (Lipinski definition) is 1. The van der Waals surface area contributed by atoms with E-state index in [0.717, 1.165) is 11.1 Å². The molecule has 180 valence electrons. The number of aryl methyl sites for hydroxylation is 2. The van der Waals surface area contributed by atoms with Crippen LogP contribution in [0.15, 0.2) is 66.2 Å². The van der Waals surface area contributed by atoms with E-state index < -0.39 is 17.7 Å². The molecule has 0 bridgehead atoms. The van der Waals surface area contributed by atoms with Gasteiger partial charge >= 0.3 is 0 Å². The molecule has 4 rings (SSSR count). The minimum atomic E-state index is -0.918. The van der Waals surface area contributed by atoms with Crippen LogP contribution in [0.5, 0.6) is 17.2 Å². The molecule has 1 amide bonds. The van der Waals surface area contributed by atoms with Crippen LogP contribution in [0.2, 0.25) is 0 Å². The van der Waals surface area contributed by atoms with E-state index in [1.165, 1.54) is 26.2 Å². The highest BCUT2D eigenvalue weighted by Crippen LogP contribution is 2.46. The standard InChI is InChI=1S/C28H27NO6/c1-16-10-11-17(2)21(14-16)29-25(19-8-6-7-9-22(19)34-4)24(27(31)28(29)32)26(30)20-13-12-18(33-3)15-23(20)35-5/h6-15,25,30H,1-5H3/b26-24+. The molecule has 0 aromatic heterocycles. The monoisotopic (exact) mass is 473 g/mol. The molecule has 7 nitrogen and oxygen atoms in total. The molecule has 35 heavy (non-hydrogen) atoms. The summed E-state index contributed by atoms with van der Waals surface area (Å²) in [7, 11) is 4.50. The molecule has 3 aromatic carbocycles. The zero-order valence-corrected chi connectivity index (χ0v) is 20.3. The lowest BCUT2D eigenvalue weighted by molar-refractivity contribution is -0.132. The summed E-state index contributed by atoms with van der Waals surface area (Å²) in [4.78, 5) is 28.4. The van der Waals surface area contributed by atoms with Crippen molar-refractivity contribution in [1.29, 1.82) is 0 Å². The van der Waals surface area contributed by atoms with Gasteiger partial charge in [0.1, 0.15) is 23.0 Å². The van der Waals surface area contributed by atoms with E-state index in [-0.39, 0.29) is 16.9 Å². The van der Waals surface area contributed by atoms with Gasteiger partial charge in [0.05, 0.1) is 38.5 Å². The molecule has 0 radical (unpaired) electrons. The van der Waals surface area contributed by atoms with Crippen molar-refractivity contribution in [2.75, 3.05) is 26.2 Å². The summed E-state index contributed by atoms with van der Waals surface area (Å²) in [5.41, 5.74) is 3.13. The predicted molar refractivity (Wildman–Crippen MR) is 133 cm³/mol. The SMILES string of the molecule is COc1ccc(/C(O)=C2\C(=O)C(=O)N(c3cc(C)ccc3C)C2c2ccccc2OC)c(OC)c1. The number of nitrogens with zero attached hydrogens (tertiary/aromatic N) is 1. The topological polar surface area (TPSA) is 85.3 Å². The van der Waals surface area contributed by atoms with Gasteiger partial charge in [0, 0.05) is 17.3 Å². The van der Waals surface area contributed by atoms with Crippen LogP contribution in [0.25, 0.3) is 5.76 Å². The largest absolute Gasteiger partial charge is 0.507 e. The number of para-hydroxylation sites is 1. The van der Waals surface area contributed by atoms with Crippen LogP contribution in [0, 0.1) is 13.8 Å². The number of ether oxygens (including phenoxy) is 3. The molecule has 0 spiro atoms. The quantitative estimate of drug-likeness (QED) is 0.310. The molecule has 1 aliphatic heterocycles. The van der Waals surface area contributed by atoms with Gasteiger partial charge in [0.15, 0.2) is 0 Å². The first-order valence-electron chi connectivity index (χ1n) is 11.1. The highest BCUT2D eigenvalue weighted by Gasteiger charge is 2.48. The third-order valence-corrected chi connectivity index (χ3v) is 6.17. The maximum atomic E-state index is 13.5. The number of anilines is 1. The molecule has 1 N–H and O–H groups in total. The average molecular weight is 474 g/mol. The van der Waals surface area contributed by atoms with Crippen molar-refractivity contribution in [3.05, 3.63) is 88.5 Å². The van der Waals surface area contributed by atoms with Crippen molar-refractivity contribution in [2.24, 2.45) is 0 Å². The second-order valence-electron chi connectivity index (χ2n) is 8.27. The van der Waals surface area contributed by atoms with E-state index in [0.29, 0.717) is 28.5 Å².